The molecule has 0 bridgehead atoms. The minimum Gasteiger partial charge on any atom is -0.465 e. The van der Waals surface area contributed by atoms with Crippen LogP contribution >= 0.6 is 0 Å². The summed E-state index contributed by atoms with van der Waals surface area (Å²) in [6.45, 7) is 7.32. The van der Waals surface area contributed by atoms with Gasteiger partial charge < -0.3 is 10.0 Å². The van der Waals surface area contributed by atoms with Crippen molar-refractivity contribution in [3.8, 4) is 0 Å². The third kappa shape index (κ3) is 3.47. The van der Waals surface area contributed by atoms with Crippen molar-refractivity contribution in [2.45, 2.75) is 38.9 Å². The zero-order valence-electron chi connectivity index (χ0n) is 16.0. The number of rotatable bonds is 4. The van der Waals surface area contributed by atoms with Crippen LogP contribution in [-0.4, -0.2) is 46.7 Å². The van der Waals surface area contributed by atoms with Gasteiger partial charge in [0.15, 0.2) is 0 Å². The van der Waals surface area contributed by atoms with E-state index in [0.29, 0.717) is 0 Å². The van der Waals surface area contributed by atoms with Crippen molar-refractivity contribution in [3.05, 3.63) is 71.8 Å². The fourth-order valence-electron chi connectivity index (χ4n) is 4.18. The third-order valence-corrected chi connectivity index (χ3v) is 5.37. The highest BCUT2D eigenvalue weighted by Crippen LogP contribution is 2.44. The van der Waals surface area contributed by atoms with Crippen LogP contribution in [0, 0.1) is 5.41 Å². The second-order valence-electron chi connectivity index (χ2n) is 8.19. The van der Waals surface area contributed by atoms with E-state index in [-0.39, 0.29) is 23.5 Å². The van der Waals surface area contributed by atoms with E-state index in [2.05, 4.69) is 74.2 Å². The minimum absolute atomic E-state index is 0.00224. The normalized spacial score (nSPS) is 20.7. The smallest absolute Gasteiger partial charge is 0.407 e. The Hall–Kier alpha value is -2.33. The molecule has 0 radical (unpaired) electrons. The molecule has 0 spiro atoms. The number of hydrogen-bond donors (Lipinski definition) is 1. The molecule has 4 heteroatoms. The predicted molar refractivity (Wildman–Crippen MR) is 104 cm³/mol. The molecular weight excluding hydrogens is 324 g/mol. The van der Waals surface area contributed by atoms with Crippen molar-refractivity contribution in [3.63, 3.8) is 0 Å². The van der Waals surface area contributed by atoms with Gasteiger partial charge in [0.05, 0.1) is 12.1 Å². The second kappa shape index (κ2) is 7.12. The Labute approximate surface area is 156 Å². The molecule has 1 fully saturated rings. The molecule has 1 N–H and O–H groups in total. The molecule has 1 amide bonds. The highest BCUT2D eigenvalue weighted by atomic mass is 16.4. The van der Waals surface area contributed by atoms with E-state index in [1.54, 1.807) is 7.05 Å². The Kier molecular flexibility index (Phi) is 5.05. The SMILES string of the molecule is CN(C(=O)O)[C@@H]1CN(C(c2ccccc2)c2ccccc2)[C@@H]1C(C)(C)C. The van der Waals surface area contributed by atoms with Crippen molar-refractivity contribution in [2.24, 2.45) is 5.41 Å². The molecule has 0 aromatic heterocycles. The molecular formula is C22H28N2O2. The van der Waals surface area contributed by atoms with Crippen molar-refractivity contribution in [1.82, 2.24) is 9.80 Å². The van der Waals surface area contributed by atoms with Gasteiger partial charge in [-0.05, 0) is 16.5 Å². The van der Waals surface area contributed by atoms with E-state index >= 15 is 0 Å². The van der Waals surface area contributed by atoms with Gasteiger partial charge in [0.1, 0.15) is 0 Å². The summed E-state index contributed by atoms with van der Waals surface area (Å²) in [4.78, 5) is 15.5. The van der Waals surface area contributed by atoms with Crippen molar-refractivity contribution in [2.75, 3.05) is 13.6 Å². The average molecular weight is 352 g/mol. The molecule has 1 aliphatic heterocycles. The van der Waals surface area contributed by atoms with Crippen LogP contribution in [-0.2, 0) is 0 Å². The maximum absolute atomic E-state index is 11.5. The van der Waals surface area contributed by atoms with Crippen LogP contribution < -0.4 is 0 Å². The highest BCUT2D eigenvalue weighted by Gasteiger charge is 2.51. The lowest BCUT2D eigenvalue weighted by Gasteiger charge is -2.59. The number of hydrogen-bond acceptors (Lipinski definition) is 2. The Morgan fingerprint density at radius 3 is 1.88 bits per heavy atom. The monoisotopic (exact) mass is 352 g/mol. The number of carboxylic acid groups (broad SMARTS) is 1. The summed E-state index contributed by atoms with van der Waals surface area (Å²) >= 11 is 0. The molecule has 0 unspecified atom stereocenters. The second-order valence-corrected chi connectivity index (χ2v) is 8.19. The number of nitrogens with zero attached hydrogens (tertiary/aromatic N) is 2. The first-order chi connectivity index (χ1) is 12.3. The molecule has 0 aliphatic carbocycles. The van der Waals surface area contributed by atoms with Crippen LogP contribution in [0.4, 0.5) is 4.79 Å². The van der Waals surface area contributed by atoms with Crippen molar-refractivity contribution in [1.29, 1.82) is 0 Å². The fourth-order valence-corrected chi connectivity index (χ4v) is 4.18. The third-order valence-electron chi connectivity index (χ3n) is 5.37. The first-order valence-electron chi connectivity index (χ1n) is 9.12. The topological polar surface area (TPSA) is 43.8 Å². The van der Waals surface area contributed by atoms with Crippen LogP contribution in [0.5, 0.6) is 0 Å². The van der Waals surface area contributed by atoms with Crippen LogP contribution in [0.2, 0.25) is 0 Å². The molecule has 2 aromatic rings. The number of likely N-dealkylation sites (N-methyl/N-ethyl adjacent to an activating group) is 1. The summed E-state index contributed by atoms with van der Waals surface area (Å²) in [5.74, 6) is 0. The predicted octanol–water partition coefficient (Wildman–Crippen LogP) is 4.48. The minimum atomic E-state index is -0.861. The molecule has 1 heterocycles. The molecule has 26 heavy (non-hydrogen) atoms. The number of carbonyl (C=O) groups is 1. The Bertz CT molecular complexity index is 700. The van der Waals surface area contributed by atoms with E-state index in [0.717, 1.165) is 6.54 Å². The zero-order chi connectivity index (χ0) is 18.9. The van der Waals surface area contributed by atoms with E-state index < -0.39 is 6.09 Å². The van der Waals surface area contributed by atoms with E-state index in [9.17, 15) is 9.90 Å². The van der Waals surface area contributed by atoms with Crippen LogP contribution in [0.25, 0.3) is 0 Å². The van der Waals surface area contributed by atoms with Gasteiger partial charge in [-0.15, -0.1) is 0 Å². The van der Waals surface area contributed by atoms with E-state index in [4.69, 9.17) is 0 Å². The maximum Gasteiger partial charge on any atom is 0.407 e. The quantitative estimate of drug-likeness (QED) is 0.882. The van der Waals surface area contributed by atoms with E-state index in [1.807, 2.05) is 12.1 Å². The molecule has 1 aliphatic rings. The summed E-state index contributed by atoms with van der Waals surface area (Å²) in [7, 11) is 1.68. The Morgan fingerprint density at radius 1 is 1.04 bits per heavy atom. The fraction of sp³-hybridized carbons (Fsp3) is 0.409. The summed E-state index contributed by atoms with van der Waals surface area (Å²) in [5, 5.41) is 9.47. The molecule has 2 atom stereocenters. The summed E-state index contributed by atoms with van der Waals surface area (Å²) < 4.78 is 0. The number of likely N-dealkylation sites (tertiary alicyclic amines) is 1. The van der Waals surface area contributed by atoms with Gasteiger partial charge >= 0.3 is 6.09 Å². The molecule has 3 rings (SSSR count). The molecule has 0 saturated carbocycles. The van der Waals surface area contributed by atoms with Crippen LogP contribution in [0.1, 0.15) is 37.9 Å². The van der Waals surface area contributed by atoms with Gasteiger partial charge in [-0.1, -0.05) is 81.4 Å². The first-order valence-corrected chi connectivity index (χ1v) is 9.12. The largest absolute Gasteiger partial charge is 0.465 e. The Balaban J connectivity index is 2.00. The first kappa shape index (κ1) is 18.5. The summed E-state index contributed by atoms with van der Waals surface area (Å²) in [6.07, 6.45) is -0.861. The van der Waals surface area contributed by atoms with Gasteiger partial charge in [0, 0.05) is 19.6 Å². The summed E-state index contributed by atoms with van der Waals surface area (Å²) in [6, 6.07) is 21.2. The molecule has 4 nitrogen and oxygen atoms in total. The van der Waals surface area contributed by atoms with Crippen molar-refractivity contribution < 1.29 is 9.90 Å². The van der Waals surface area contributed by atoms with Crippen LogP contribution in [0.3, 0.4) is 0 Å². The molecule has 2 aromatic carbocycles. The number of amides is 1. The standard InChI is InChI=1S/C22H28N2O2/c1-22(2,3)20-18(23(4)21(25)26)15-24(20)19(16-11-7-5-8-12-16)17-13-9-6-10-14-17/h5-14,18-20H,15H2,1-4H3,(H,25,26)/t18-,20+/m1/s1. The van der Waals surface area contributed by atoms with Gasteiger partial charge in [-0.3, -0.25) is 4.90 Å². The molecule has 1 saturated heterocycles. The van der Waals surface area contributed by atoms with Gasteiger partial charge in [0.2, 0.25) is 0 Å². The van der Waals surface area contributed by atoms with Gasteiger partial charge in [0.25, 0.3) is 0 Å². The zero-order valence-corrected chi connectivity index (χ0v) is 16.0. The lowest BCUT2D eigenvalue weighted by Crippen LogP contribution is -2.71. The average Bonchev–Trinajstić information content (AvgIpc) is 2.57. The maximum atomic E-state index is 11.5. The summed E-state index contributed by atoms with van der Waals surface area (Å²) in [5.41, 5.74) is 2.45. The molecule has 138 valence electrons. The lowest BCUT2D eigenvalue weighted by atomic mass is 9.73. The van der Waals surface area contributed by atoms with Crippen molar-refractivity contribution >= 4 is 6.09 Å². The number of benzene rings is 2. The van der Waals surface area contributed by atoms with E-state index in [1.165, 1.54) is 16.0 Å². The lowest BCUT2D eigenvalue weighted by molar-refractivity contribution is -0.0815. The Morgan fingerprint density at radius 2 is 1.50 bits per heavy atom. The highest BCUT2D eigenvalue weighted by molar-refractivity contribution is 5.65. The van der Waals surface area contributed by atoms with Crippen LogP contribution in [0.15, 0.2) is 60.7 Å². The van der Waals surface area contributed by atoms with Gasteiger partial charge in [-0.2, -0.15) is 0 Å². The van der Waals surface area contributed by atoms with Gasteiger partial charge in [-0.25, -0.2) is 4.79 Å².